The van der Waals surface area contributed by atoms with E-state index in [1.54, 1.807) is 6.92 Å². The SMILES string of the molecule is CC(=O)C[C@@H]1CCCCN1. The Morgan fingerprint density at radius 1 is 1.60 bits per heavy atom. The Morgan fingerprint density at radius 3 is 2.90 bits per heavy atom. The first-order valence-electron chi connectivity index (χ1n) is 4.02. The van der Waals surface area contributed by atoms with Crippen LogP contribution >= 0.6 is 0 Å². The Balaban J connectivity index is 2.19. The van der Waals surface area contributed by atoms with Gasteiger partial charge in [0.2, 0.25) is 0 Å². The van der Waals surface area contributed by atoms with Crippen molar-refractivity contribution in [2.24, 2.45) is 0 Å². The monoisotopic (exact) mass is 141 g/mol. The van der Waals surface area contributed by atoms with Gasteiger partial charge in [-0.15, -0.1) is 0 Å². The standard InChI is InChI=1S/C8H15NO/c1-7(10)6-8-4-2-3-5-9-8/h8-9H,2-6H2,1H3/t8-/m0/s1. The van der Waals surface area contributed by atoms with E-state index in [2.05, 4.69) is 5.32 Å². The smallest absolute Gasteiger partial charge is 0.131 e. The van der Waals surface area contributed by atoms with Crippen LogP contribution in [-0.2, 0) is 4.79 Å². The molecule has 2 heteroatoms. The average Bonchev–Trinajstić information content (AvgIpc) is 1.88. The molecule has 10 heavy (non-hydrogen) atoms. The van der Waals surface area contributed by atoms with Crippen LogP contribution in [-0.4, -0.2) is 18.4 Å². The average molecular weight is 141 g/mol. The second kappa shape index (κ2) is 3.71. The van der Waals surface area contributed by atoms with Gasteiger partial charge in [0.1, 0.15) is 5.78 Å². The second-order valence-corrected chi connectivity index (χ2v) is 3.05. The molecule has 0 unspecified atom stereocenters. The molecule has 0 aromatic carbocycles. The molecule has 0 radical (unpaired) electrons. The third-order valence-electron chi connectivity index (χ3n) is 1.95. The van der Waals surface area contributed by atoms with E-state index in [1.165, 1.54) is 19.3 Å². The van der Waals surface area contributed by atoms with Crippen molar-refractivity contribution in [3.8, 4) is 0 Å². The third-order valence-corrected chi connectivity index (χ3v) is 1.95. The zero-order valence-corrected chi connectivity index (χ0v) is 6.52. The first kappa shape index (κ1) is 7.73. The van der Waals surface area contributed by atoms with E-state index >= 15 is 0 Å². The van der Waals surface area contributed by atoms with E-state index in [9.17, 15) is 4.79 Å². The fourth-order valence-electron chi connectivity index (χ4n) is 1.45. The van der Waals surface area contributed by atoms with Gasteiger partial charge in [-0.3, -0.25) is 4.79 Å². The summed E-state index contributed by atoms with van der Waals surface area (Å²) in [7, 11) is 0. The van der Waals surface area contributed by atoms with Gasteiger partial charge >= 0.3 is 0 Å². The highest BCUT2D eigenvalue weighted by atomic mass is 16.1. The van der Waals surface area contributed by atoms with E-state index in [0.29, 0.717) is 11.8 Å². The second-order valence-electron chi connectivity index (χ2n) is 3.05. The van der Waals surface area contributed by atoms with Gasteiger partial charge in [0.25, 0.3) is 0 Å². The van der Waals surface area contributed by atoms with Crippen LogP contribution in [0, 0.1) is 0 Å². The van der Waals surface area contributed by atoms with Crippen LogP contribution in [0.3, 0.4) is 0 Å². The predicted octanol–water partition coefficient (Wildman–Crippen LogP) is 1.11. The molecule has 1 heterocycles. The minimum atomic E-state index is 0.305. The van der Waals surface area contributed by atoms with Gasteiger partial charge in [-0.2, -0.15) is 0 Å². The summed E-state index contributed by atoms with van der Waals surface area (Å²) in [5, 5.41) is 3.33. The van der Waals surface area contributed by atoms with Crippen LogP contribution in [0.5, 0.6) is 0 Å². The maximum atomic E-state index is 10.7. The summed E-state index contributed by atoms with van der Waals surface area (Å²) in [5.74, 6) is 0.305. The van der Waals surface area contributed by atoms with E-state index in [-0.39, 0.29) is 0 Å². The maximum Gasteiger partial charge on any atom is 0.131 e. The van der Waals surface area contributed by atoms with Gasteiger partial charge in [0.15, 0.2) is 0 Å². The van der Waals surface area contributed by atoms with Crippen LogP contribution in [0.2, 0.25) is 0 Å². The normalized spacial score (nSPS) is 26.3. The van der Waals surface area contributed by atoms with Crippen LogP contribution in [0.4, 0.5) is 0 Å². The van der Waals surface area contributed by atoms with Crippen molar-refractivity contribution in [3.05, 3.63) is 0 Å². The number of hydrogen-bond acceptors (Lipinski definition) is 2. The molecule has 1 aliphatic heterocycles. The lowest BCUT2D eigenvalue weighted by molar-refractivity contribution is -0.117. The number of ketones is 1. The molecular weight excluding hydrogens is 126 g/mol. The van der Waals surface area contributed by atoms with E-state index < -0.39 is 0 Å². The van der Waals surface area contributed by atoms with E-state index in [1.807, 2.05) is 0 Å². The molecule has 0 bridgehead atoms. The zero-order chi connectivity index (χ0) is 7.40. The van der Waals surface area contributed by atoms with Gasteiger partial charge in [-0.05, 0) is 26.3 Å². The quantitative estimate of drug-likeness (QED) is 0.624. The number of hydrogen-bond donors (Lipinski definition) is 1. The number of rotatable bonds is 2. The Morgan fingerprint density at radius 2 is 2.40 bits per heavy atom. The molecule has 0 aromatic rings. The fourth-order valence-corrected chi connectivity index (χ4v) is 1.45. The summed E-state index contributed by atoms with van der Waals surface area (Å²) < 4.78 is 0. The zero-order valence-electron chi connectivity index (χ0n) is 6.52. The fraction of sp³-hybridized carbons (Fsp3) is 0.875. The first-order chi connectivity index (χ1) is 4.79. The Hall–Kier alpha value is -0.370. The first-order valence-corrected chi connectivity index (χ1v) is 4.02. The highest BCUT2D eigenvalue weighted by Crippen LogP contribution is 2.09. The van der Waals surface area contributed by atoms with Crippen molar-refractivity contribution in [1.82, 2.24) is 5.32 Å². The molecule has 1 N–H and O–H groups in total. The number of nitrogens with one attached hydrogen (secondary N) is 1. The van der Waals surface area contributed by atoms with Crippen molar-refractivity contribution in [2.75, 3.05) is 6.54 Å². The molecule has 0 saturated carbocycles. The molecule has 1 aliphatic rings. The number of piperidine rings is 1. The highest BCUT2D eigenvalue weighted by molar-refractivity contribution is 5.76. The molecule has 0 spiro atoms. The molecule has 1 saturated heterocycles. The van der Waals surface area contributed by atoms with Crippen molar-refractivity contribution in [2.45, 2.75) is 38.6 Å². The number of carbonyl (C=O) groups excluding carboxylic acids is 1. The van der Waals surface area contributed by atoms with Gasteiger partial charge in [0.05, 0.1) is 0 Å². The summed E-state index contributed by atoms with van der Waals surface area (Å²) in [6.07, 6.45) is 4.46. The Bertz CT molecular complexity index is 116. The predicted molar refractivity (Wildman–Crippen MR) is 40.9 cm³/mol. The highest BCUT2D eigenvalue weighted by Gasteiger charge is 2.13. The van der Waals surface area contributed by atoms with Gasteiger partial charge in [-0.25, -0.2) is 0 Å². The van der Waals surface area contributed by atoms with Crippen molar-refractivity contribution in [1.29, 1.82) is 0 Å². The van der Waals surface area contributed by atoms with E-state index in [0.717, 1.165) is 13.0 Å². The van der Waals surface area contributed by atoms with Gasteiger partial charge in [0, 0.05) is 12.5 Å². The largest absolute Gasteiger partial charge is 0.314 e. The molecule has 1 rings (SSSR count). The number of Topliss-reactive ketones (excluding diaryl/α,β-unsaturated/α-hetero) is 1. The maximum absolute atomic E-state index is 10.7. The lowest BCUT2D eigenvalue weighted by Crippen LogP contribution is -2.35. The van der Waals surface area contributed by atoms with Crippen LogP contribution in [0.25, 0.3) is 0 Å². The molecule has 1 atom stereocenters. The molecular formula is C8H15NO. The van der Waals surface area contributed by atoms with Crippen molar-refractivity contribution in [3.63, 3.8) is 0 Å². The van der Waals surface area contributed by atoms with Gasteiger partial charge in [-0.1, -0.05) is 6.42 Å². The summed E-state index contributed by atoms with van der Waals surface area (Å²) >= 11 is 0. The van der Waals surface area contributed by atoms with Gasteiger partial charge < -0.3 is 5.32 Å². The minimum absolute atomic E-state index is 0.305. The summed E-state index contributed by atoms with van der Waals surface area (Å²) in [4.78, 5) is 10.7. The Labute approximate surface area is 62.0 Å². The van der Waals surface area contributed by atoms with Crippen LogP contribution < -0.4 is 5.32 Å². The Kier molecular flexibility index (Phi) is 2.87. The van der Waals surface area contributed by atoms with Crippen LogP contribution in [0.15, 0.2) is 0 Å². The summed E-state index contributed by atoms with van der Waals surface area (Å²) in [5.41, 5.74) is 0. The summed E-state index contributed by atoms with van der Waals surface area (Å²) in [6, 6.07) is 0.478. The molecule has 0 aromatic heterocycles. The summed E-state index contributed by atoms with van der Waals surface area (Å²) in [6.45, 7) is 2.76. The third kappa shape index (κ3) is 2.48. The van der Waals surface area contributed by atoms with Crippen molar-refractivity contribution < 1.29 is 4.79 Å². The van der Waals surface area contributed by atoms with Crippen molar-refractivity contribution >= 4 is 5.78 Å². The van der Waals surface area contributed by atoms with E-state index in [4.69, 9.17) is 0 Å². The molecule has 2 nitrogen and oxygen atoms in total. The number of carbonyl (C=O) groups is 1. The lowest BCUT2D eigenvalue weighted by atomic mass is 10.0. The minimum Gasteiger partial charge on any atom is -0.314 e. The van der Waals surface area contributed by atoms with Crippen LogP contribution in [0.1, 0.15) is 32.6 Å². The molecule has 1 fully saturated rings. The lowest BCUT2D eigenvalue weighted by Gasteiger charge is -2.21. The molecule has 0 amide bonds. The molecule has 0 aliphatic carbocycles. The topological polar surface area (TPSA) is 29.1 Å². The molecule has 58 valence electrons.